The van der Waals surface area contributed by atoms with Gasteiger partial charge in [0.05, 0.1) is 0 Å². The van der Waals surface area contributed by atoms with Gasteiger partial charge >= 0.3 is 0 Å². The minimum Gasteiger partial charge on any atom is -0.201 e. The predicted molar refractivity (Wildman–Crippen MR) is 132 cm³/mol. The number of hydrogen-bond acceptors (Lipinski definition) is 0. The number of benzene rings is 3. The van der Waals surface area contributed by atoms with E-state index in [1.807, 2.05) is 56.3 Å². The van der Waals surface area contributed by atoms with Crippen molar-refractivity contribution in [2.45, 2.75) is 41.3 Å². The molecule has 0 radical (unpaired) electrons. The smallest absolute Gasteiger partial charge is 0.201 e. The summed E-state index contributed by atoms with van der Waals surface area (Å²) >= 11 is 0. The van der Waals surface area contributed by atoms with Gasteiger partial charge in [-0.15, -0.1) is 0 Å². The Kier molecular flexibility index (Phi) is 3.32. The van der Waals surface area contributed by atoms with Crippen LogP contribution in [0, 0.1) is 41.3 Å². The van der Waals surface area contributed by atoms with Crippen molar-refractivity contribution in [2.24, 2.45) is 7.05 Å². The van der Waals surface area contributed by atoms with Crippen LogP contribution in [0.25, 0.3) is 33.5 Å². The van der Waals surface area contributed by atoms with Crippen LogP contribution in [0.2, 0.25) is 0 Å². The van der Waals surface area contributed by atoms with E-state index in [4.69, 9.17) is 12.3 Å². The Morgan fingerprint density at radius 1 is 0.645 bits per heavy atom. The van der Waals surface area contributed by atoms with E-state index in [1.165, 1.54) is 6.20 Å². The van der Waals surface area contributed by atoms with Gasteiger partial charge in [-0.2, -0.15) is 0 Å². The second-order valence-corrected chi connectivity index (χ2v) is 8.18. The molecule has 0 aliphatic heterocycles. The van der Waals surface area contributed by atoms with Crippen LogP contribution in [-0.2, 0) is 7.05 Å². The van der Waals surface area contributed by atoms with Gasteiger partial charge in [0.25, 0.3) is 0 Å². The van der Waals surface area contributed by atoms with E-state index in [1.54, 1.807) is 36.7 Å². The summed E-state index contributed by atoms with van der Waals surface area (Å²) in [4.78, 5) is 0. The highest BCUT2D eigenvalue weighted by Crippen LogP contribution is 2.35. The molecule has 4 aromatic rings. The van der Waals surface area contributed by atoms with E-state index in [2.05, 4.69) is 0 Å². The van der Waals surface area contributed by atoms with Crippen molar-refractivity contribution in [1.82, 2.24) is 0 Å². The fourth-order valence-electron chi connectivity index (χ4n) is 4.29. The highest BCUT2D eigenvalue weighted by atomic mass is 14.9. The molecule has 0 aliphatic rings. The lowest BCUT2D eigenvalue weighted by atomic mass is 9.89. The second kappa shape index (κ2) is 8.15. The Bertz CT molecular complexity index is 1580. The quantitative estimate of drug-likeness (QED) is 0.308. The molecule has 156 valence electrons. The van der Waals surface area contributed by atoms with Crippen molar-refractivity contribution < 1.29 is 16.9 Å². The third-order valence-electron chi connectivity index (χ3n) is 5.75. The molecule has 1 heteroatoms. The molecule has 1 nitrogen and oxygen atoms in total. The van der Waals surface area contributed by atoms with Crippen LogP contribution < -0.4 is 4.57 Å². The normalized spacial score (nSPS) is 16.6. The standard InChI is InChI=1S/C30H32N/c1-19-13-22(4)30(23(5)14-19)28-17-29(31(7)18-24(28)6)27-16-26(20(2)15-21(27)3)25-11-9-8-10-12-25/h8-18H,1-7H3/q+1/i2D3,4D3,6D3. The molecule has 0 saturated carbocycles. The van der Waals surface area contributed by atoms with Crippen LogP contribution in [0.15, 0.2) is 66.9 Å². The molecule has 0 atom stereocenters. The van der Waals surface area contributed by atoms with Crippen LogP contribution in [0.3, 0.4) is 0 Å². The summed E-state index contributed by atoms with van der Waals surface area (Å²) in [6, 6.07) is 17.9. The number of rotatable bonds is 3. The van der Waals surface area contributed by atoms with Gasteiger partial charge in [-0.3, -0.25) is 0 Å². The molecule has 1 aromatic heterocycles. The Morgan fingerprint density at radius 2 is 1.35 bits per heavy atom. The molecule has 0 aliphatic carbocycles. The van der Waals surface area contributed by atoms with E-state index < -0.39 is 20.6 Å². The zero-order chi connectivity index (χ0) is 29.8. The molecule has 4 rings (SSSR count). The van der Waals surface area contributed by atoms with Gasteiger partial charge in [0, 0.05) is 29.5 Å². The second-order valence-electron chi connectivity index (χ2n) is 8.18. The highest BCUT2D eigenvalue weighted by molar-refractivity contribution is 5.80. The third kappa shape index (κ3) is 3.93. The molecule has 0 unspecified atom stereocenters. The summed E-state index contributed by atoms with van der Waals surface area (Å²) < 4.78 is 75.6. The first kappa shape index (κ1) is 12.6. The zero-order valence-corrected chi connectivity index (χ0v) is 18.3. The van der Waals surface area contributed by atoms with Crippen LogP contribution in [0.1, 0.15) is 45.7 Å². The number of nitrogens with zero attached hydrogens (tertiary/aromatic N) is 1. The molecule has 0 N–H and O–H groups in total. The minimum atomic E-state index is -2.51. The van der Waals surface area contributed by atoms with Crippen LogP contribution >= 0.6 is 0 Å². The third-order valence-corrected chi connectivity index (χ3v) is 5.75. The molecule has 0 saturated heterocycles. The molecule has 0 fully saturated rings. The molecule has 31 heavy (non-hydrogen) atoms. The summed E-state index contributed by atoms with van der Waals surface area (Å²) in [5.41, 5.74) is 5.82. The van der Waals surface area contributed by atoms with Gasteiger partial charge < -0.3 is 0 Å². The van der Waals surface area contributed by atoms with Crippen molar-refractivity contribution in [2.75, 3.05) is 0 Å². The number of hydrogen-bond donors (Lipinski definition) is 0. The van der Waals surface area contributed by atoms with Crippen molar-refractivity contribution in [3.8, 4) is 33.5 Å². The fourth-order valence-corrected chi connectivity index (χ4v) is 4.29. The Labute approximate surface area is 199 Å². The molecule has 0 amide bonds. The summed E-state index contributed by atoms with van der Waals surface area (Å²) in [6.07, 6.45) is 1.53. The van der Waals surface area contributed by atoms with Crippen molar-refractivity contribution in [3.05, 3.63) is 100 Å². The number of aryl methyl sites for hydroxylation is 7. The lowest BCUT2D eigenvalue weighted by molar-refractivity contribution is -0.660. The van der Waals surface area contributed by atoms with E-state index in [0.717, 1.165) is 11.1 Å². The first-order valence-corrected chi connectivity index (χ1v) is 10.3. The Balaban J connectivity index is 2.11. The fraction of sp³-hybridized carbons (Fsp3) is 0.233. The topological polar surface area (TPSA) is 3.88 Å². The van der Waals surface area contributed by atoms with E-state index in [-0.39, 0.29) is 16.7 Å². The minimum absolute atomic E-state index is 0.0382. The van der Waals surface area contributed by atoms with E-state index in [0.29, 0.717) is 39.1 Å². The summed E-state index contributed by atoms with van der Waals surface area (Å²) in [5, 5.41) is 0. The number of aromatic nitrogens is 1. The average molecular weight is 416 g/mol. The van der Waals surface area contributed by atoms with Crippen molar-refractivity contribution in [3.63, 3.8) is 0 Å². The lowest BCUT2D eigenvalue weighted by Crippen LogP contribution is -2.31. The van der Waals surface area contributed by atoms with Crippen molar-refractivity contribution in [1.29, 1.82) is 0 Å². The molecule has 1 heterocycles. The molecular formula is C30H32N+. The van der Waals surface area contributed by atoms with Crippen LogP contribution in [0.5, 0.6) is 0 Å². The van der Waals surface area contributed by atoms with Gasteiger partial charge in [0.1, 0.15) is 7.05 Å². The highest BCUT2D eigenvalue weighted by Gasteiger charge is 2.20. The predicted octanol–water partition coefficient (Wildman–Crippen LogP) is 7.36. The van der Waals surface area contributed by atoms with Gasteiger partial charge in [-0.1, -0.05) is 54.1 Å². The Morgan fingerprint density at radius 3 is 2.06 bits per heavy atom. The average Bonchev–Trinajstić information content (AvgIpc) is 2.82. The summed E-state index contributed by atoms with van der Waals surface area (Å²) in [7, 11) is 1.74. The van der Waals surface area contributed by atoms with Crippen LogP contribution in [-0.4, -0.2) is 0 Å². The first-order valence-electron chi connectivity index (χ1n) is 14.8. The van der Waals surface area contributed by atoms with Gasteiger partial charge in [0.2, 0.25) is 5.69 Å². The zero-order valence-electron chi connectivity index (χ0n) is 27.3. The van der Waals surface area contributed by atoms with E-state index >= 15 is 0 Å². The van der Waals surface area contributed by atoms with E-state index in [9.17, 15) is 0 Å². The lowest BCUT2D eigenvalue weighted by Gasteiger charge is -2.16. The van der Waals surface area contributed by atoms with Gasteiger partial charge in [-0.25, -0.2) is 4.57 Å². The summed E-state index contributed by atoms with van der Waals surface area (Å²) in [5.74, 6) is 0. The van der Waals surface area contributed by atoms with Gasteiger partial charge in [0.15, 0.2) is 6.20 Å². The monoisotopic (exact) mass is 415 g/mol. The molecular weight excluding hydrogens is 374 g/mol. The SMILES string of the molecule is [2H]C([2H])([2H])c1cc(C)c(-c2cc(-c3c(C)cc(C)cc3C([2H])([2H])[2H])c(C([2H])([2H])[2H])c[n+]2C)cc1-c1ccccc1. The molecule has 3 aromatic carbocycles. The number of pyridine rings is 1. The van der Waals surface area contributed by atoms with Crippen molar-refractivity contribution >= 4 is 0 Å². The van der Waals surface area contributed by atoms with Gasteiger partial charge in [-0.05, 0) is 91.9 Å². The molecule has 0 bridgehead atoms. The summed E-state index contributed by atoms with van der Waals surface area (Å²) in [6.45, 7) is -1.90. The maximum atomic E-state index is 8.28. The van der Waals surface area contributed by atoms with Crippen LogP contribution in [0.4, 0.5) is 0 Å². The maximum absolute atomic E-state index is 8.28. The molecule has 0 spiro atoms. The largest absolute Gasteiger partial charge is 0.213 e. The first-order chi connectivity index (χ1) is 18.4. The Hall–Kier alpha value is -3.19. The maximum Gasteiger partial charge on any atom is 0.213 e.